The van der Waals surface area contributed by atoms with Crippen molar-refractivity contribution in [3.05, 3.63) is 42.6 Å². The van der Waals surface area contributed by atoms with Crippen LogP contribution in [0.25, 0.3) is 0 Å². The highest BCUT2D eigenvalue weighted by molar-refractivity contribution is 7.99. The minimum Gasteiger partial charge on any atom is -0.449 e. The molecule has 0 bridgehead atoms. The maximum Gasteiger partial charge on any atom is 0.420 e. The molecule has 0 saturated carbocycles. The van der Waals surface area contributed by atoms with E-state index in [1.165, 1.54) is 0 Å². The number of halogens is 1. The Bertz CT molecular complexity index is 723. The fraction of sp³-hybridized carbons (Fsp3) is 0.429. The molecule has 0 fully saturated rings. The van der Waals surface area contributed by atoms with Gasteiger partial charge in [0.15, 0.2) is 5.82 Å². The number of pyridine rings is 1. The summed E-state index contributed by atoms with van der Waals surface area (Å²) in [5.41, 5.74) is 0.831. The lowest BCUT2D eigenvalue weighted by molar-refractivity contribution is 0.147. The van der Waals surface area contributed by atoms with E-state index in [-0.39, 0.29) is 18.5 Å². The molecule has 0 saturated heterocycles. The van der Waals surface area contributed by atoms with Crippen molar-refractivity contribution in [2.24, 2.45) is 0 Å². The van der Waals surface area contributed by atoms with Crippen LogP contribution in [0.4, 0.5) is 16.3 Å². The second-order valence-corrected chi connectivity index (χ2v) is 7.62. The van der Waals surface area contributed by atoms with Gasteiger partial charge in [-0.1, -0.05) is 37.7 Å². The van der Waals surface area contributed by atoms with E-state index in [1.54, 1.807) is 22.9 Å². The fourth-order valence-electron chi connectivity index (χ4n) is 3.26. The Kier molecular flexibility index (Phi) is 9.09. The summed E-state index contributed by atoms with van der Waals surface area (Å²) in [7, 11) is 0. The van der Waals surface area contributed by atoms with Crippen LogP contribution in [0.15, 0.2) is 52.4 Å². The number of aromatic nitrogens is 1. The highest BCUT2D eigenvalue weighted by atomic mass is 35.5. The quantitative estimate of drug-likeness (QED) is 0.507. The minimum atomic E-state index is -0.361. The van der Waals surface area contributed by atoms with Gasteiger partial charge in [-0.3, -0.25) is 0 Å². The molecule has 1 aliphatic heterocycles. The van der Waals surface area contributed by atoms with Crippen molar-refractivity contribution < 1.29 is 9.53 Å². The van der Waals surface area contributed by atoms with E-state index >= 15 is 0 Å². The van der Waals surface area contributed by atoms with Gasteiger partial charge in [-0.25, -0.2) is 14.7 Å². The second kappa shape index (κ2) is 11.3. The summed E-state index contributed by atoms with van der Waals surface area (Å²) in [5, 5.41) is 0. The molecule has 1 aliphatic rings. The summed E-state index contributed by atoms with van der Waals surface area (Å²) in [6.45, 7) is 7.94. The molecular formula is C21H28ClN3O2S. The van der Waals surface area contributed by atoms with Gasteiger partial charge in [-0.15, -0.1) is 12.4 Å². The van der Waals surface area contributed by atoms with Crippen molar-refractivity contribution in [2.75, 3.05) is 31.1 Å². The Morgan fingerprint density at radius 2 is 1.79 bits per heavy atom. The molecule has 7 heteroatoms. The third-order valence-corrected chi connectivity index (χ3v) is 5.50. The van der Waals surface area contributed by atoms with E-state index in [1.807, 2.05) is 36.4 Å². The first-order valence-electron chi connectivity index (χ1n) is 9.65. The molecule has 2 aromatic rings. The van der Waals surface area contributed by atoms with Gasteiger partial charge in [0.05, 0.1) is 17.2 Å². The molecule has 0 spiro atoms. The molecule has 5 nitrogen and oxygen atoms in total. The number of benzene rings is 1. The molecule has 1 amide bonds. The molecular weight excluding hydrogens is 394 g/mol. The largest absolute Gasteiger partial charge is 0.449 e. The normalized spacial score (nSPS) is 12.2. The van der Waals surface area contributed by atoms with Crippen LogP contribution >= 0.6 is 24.2 Å². The lowest BCUT2D eigenvalue weighted by Crippen LogP contribution is -2.31. The number of anilines is 2. The number of fused-ring (bicyclic) bond motifs is 2. The number of hydrogen-bond donors (Lipinski definition) is 0. The van der Waals surface area contributed by atoms with Gasteiger partial charge in [-0.05, 0) is 56.6 Å². The predicted octanol–water partition coefficient (Wildman–Crippen LogP) is 5.75. The maximum absolute atomic E-state index is 12.9. The first-order chi connectivity index (χ1) is 13.2. The molecule has 1 aromatic heterocycles. The van der Waals surface area contributed by atoms with Crippen molar-refractivity contribution >= 4 is 41.8 Å². The van der Waals surface area contributed by atoms with Crippen LogP contribution in [-0.2, 0) is 4.74 Å². The predicted molar refractivity (Wildman–Crippen MR) is 117 cm³/mol. The number of amides is 1. The highest BCUT2D eigenvalue weighted by Crippen LogP contribution is 2.46. The van der Waals surface area contributed by atoms with Crippen molar-refractivity contribution in [1.82, 2.24) is 9.88 Å². The van der Waals surface area contributed by atoms with E-state index in [0.29, 0.717) is 12.4 Å². The Labute approximate surface area is 177 Å². The Morgan fingerprint density at radius 3 is 2.54 bits per heavy atom. The standard InChI is InChI=1S/C21H27N3O2S.ClH/c1-3-13-23(14-4-2)15-8-16-26-21(25)24-17-9-5-6-10-18(17)27-19-11-7-12-22-20(19)24;/h5-7,9-12H,3-4,8,13-16H2,1-2H3;1H. The molecule has 2 heterocycles. The number of nitrogens with zero attached hydrogens (tertiary/aromatic N) is 3. The van der Waals surface area contributed by atoms with Crippen LogP contribution in [0.2, 0.25) is 0 Å². The van der Waals surface area contributed by atoms with Gasteiger partial charge >= 0.3 is 6.09 Å². The molecule has 1 aromatic carbocycles. The van der Waals surface area contributed by atoms with E-state index < -0.39 is 0 Å². The molecule has 0 atom stereocenters. The van der Waals surface area contributed by atoms with Gasteiger partial charge in [-0.2, -0.15) is 0 Å². The zero-order chi connectivity index (χ0) is 19.1. The molecule has 0 radical (unpaired) electrons. The number of hydrogen-bond acceptors (Lipinski definition) is 5. The van der Waals surface area contributed by atoms with Crippen LogP contribution in [-0.4, -0.2) is 42.2 Å². The van der Waals surface area contributed by atoms with E-state index in [9.17, 15) is 4.79 Å². The van der Waals surface area contributed by atoms with Crippen LogP contribution in [0, 0.1) is 0 Å². The third-order valence-electron chi connectivity index (χ3n) is 4.40. The fourth-order valence-corrected chi connectivity index (χ4v) is 4.28. The van der Waals surface area contributed by atoms with Crippen molar-refractivity contribution in [2.45, 2.75) is 42.9 Å². The molecule has 3 rings (SSSR count). The van der Waals surface area contributed by atoms with Gasteiger partial charge < -0.3 is 9.64 Å². The summed E-state index contributed by atoms with van der Waals surface area (Å²) in [6, 6.07) is 11.7. The first-order valence-corrected chi connectivity index (χ1v) is 10.5. The topological polar surface area (TPSA) is 45.7 Å². The van der Waals surface area contributed by atoms with Crippen LogP contribution in [0.1, 0.15) is 33.1 Å². The zero-order valence-corrected chi connectivity index (χ0v) is 18.1. The smallest absolute Gasteiger partial charge is 0.420 e. The number of carbonyl (C=O) groups excluding carboxylic acids is 1. The average Bonchev–Trinajstić information content (AvgIpc) is 2.69. The molecule has 0 unspecified atom stereocenters. The maximum atomic E-state index is 12.9. The van der Waals surface area contributed by atoms with Crippen molar-refractivity contribution in [3.63, 3.8) is 0 Å². The van der Waals surface area contributed by atoms with Crippen molar-refractivity contribution in [1.29, 1.82) is 0 Å². The van der Waals surface area contributed by atoms with Gasteiger partial charge in [0.2, 0.25) is 0 Å². The Hall–Kier alpha value is -1.76. The molecule has 28 heavy (non-hydrogen) atoms. The number of rotatable bonds is 8. The van der Waals surface area contributed by atoms with Gasteiger partial charge in [0.1, 0.15) is 0 Å². The van der Waals surface area contributed by atoms with Crippen molar-refractivity contribution in [3.8, 4) is 0 Å². The summed E-state index contributed by atoms with van der Waals surface area (Å²) in [6.07, 6.45) is 4.47. The van der Waals surface area contributed by atoms with Gasteiger partial charge in [0.25, 0.3) is 0 Å². The molecule has 0 aliphatic carbocycles. The highest BCUT2D eigenvalue weighted by Gasteiger charge is 2.30. The van der Waals surface area contributed by atoms with E-state index in [4.69, 9.17) is 4.74 Å². The summed E-state index contributed by atoms with van der Waals surface area (Å²) in [4.78, 5) is 23.3. The minimum absolute atomic E-state index is 0. The first kappa shape index (κ1) is 22.5. The molecule has 152 valence electrons. The summed E-state index contributed by atoms with van der Waals surface area (Å²) >= 11 is 1.63. The monoisotopic (exact) mass is 421 g/mol. The number of carbonyl (C=O) groups is 1. The van der Waals surface area contributed by atoms with Gasteiger partial charge in [0, 0.05) is 17.6 Å². The summed E-state index contributed by atoms with van der Waals surface area (Å²) in [5.74, 6) is 0.643. The third kappa shape index (κ3) is 5.40. The van der Waals surface area contributed by atoms with E-state index in [2.05, 4.69) is 23.7 Å². The SMILES string of the molecule is CCCN(CCC)CCCOC(=O)N1c2ccccc2Sc2cccnc21.Cl. The zero-order valence-electron chi connectivity index (χ0n) is 16.5. The average molecular weight is 422 g/mol. The van der Waals surface area contributed by atoms with Crippen LogP contribution < -0.4 is 4.90 Å². The second-order valence-electron chi connectivity index (χ2n) is 6.54. The van der Waals surface area contributed by atoms with E-state index in [0.717, 1.165) is 54.4 Å². The lowest BCUT2D eigenvalue weighted by atomic mass is 10.2. The van der Waals surface area contributed by atoms with Crippen LogP contribution in [0.3, 0.4) is 0 Å². The van der Waals surface area contributed by atoms with Crippen LogP contribution in [0.5, 0.6) is 0 Å². The number of ether oxygens (including phenoxy) is 1. The molecule has 0 N–H and O–H groups in total. The summed E-state index contributed by atoms with van der Waals surface area (Å²) < 4.78 is 5.61. The Morgan fingerprint density at radius 1 is 1.07 bits per heavy atom. The Balaban J connectivity index is 0.00000280. The number of para-hydroxylation sites is 1. The lowest BCUT2D eigenvalue weighted by Gasteiger charge is -2.29.